The molecule has 0 aromatic heterocycles. The third kappa shape index (κ3) is 6.88. The van der Waals surface area contributed by atoms with Crippen LogP contribution >= 0.6 is 22.9 Å². The van der Waals surface area contributed by atoms with Gasteiger partial charge in [-0.1, -0.05) is 30.3 Å². The maximum Gasteiger partial charge on any atom is 0.415 e. The van der Waals surface area contributed by atoms with Crippen molar-refractivity contribution in [2.45, 2.75) is 27.3 Å². The Bertz CT molecular complexity index is 712. The van der Waals surface area contributed by atoms with Crippen LogP contribution < -0.4 is 0 Å². The number of nitrogens with zero attached hydrogens (tertiary/aromatic N) is 1. The third-order valence-electron chi connectivity index (χ3n) is 3.60. The zero-order valence-electron chi connectivity index (χ0n) is 17.0. The van der Waals surface area contributed by atoms with Crippen LogP contribution in [-0.4, -0.2) is 44.4 Å². The predicted molar refractivity (Wildman–Crippen MR) is 109 cm³/mol. The van der Waals surface area contributed by atoms with Gasteiger partial charge in [0, 0.05) is 20.8 Å². The van der Waals surface area contributed by atoms with E-state index in [-0.39, 0.29) is 26.4 Å². The van der Waals surface area contributed by atoms with Gasteiger partial charge in [0.1, 0.15) is 5.90 Å². The average Bonchev–Trinajstić information content (AvgIpc) is 2.66. The fraction of sp³-hybridized carbons (Fsp3) is 0.625. The minimum absolute atomic E-state index is 0.0221. The molecule has 0 heterocycles. The van der Waals surface area contributed by atoms with Crippen molar-refractivity contribution in [3.8, 4) is 0 Å². The first-order valence-electron chi connectivity index (χ1n) is 8.88. The molecule has 9 nitrogen and oxygen atoms in total. The Morgan fingerprint density at radius 3 is 1.75 bits per heavy atom. The van der Waals surface area contributed by atoms with Crippen LogP contribution in [0, 0.1) is 0 Å². The molecule has 1 aromatic rings. The van der Waals surface area contributed by atoms with Crippen molar-refractivity contribution in [2.24, 2.45) is 0 Å². The minimum Gasteiger partial charge on any atom is -0.317 e. The Hall–Kier alpha value is -0.330. The summed E-state index contributed by atoms with van der Waals surface area (Å²) >= 11 is 0. The van der Waals surface area contributed by atoms with Crippen LogP contribution in [0.3, 0.4) is 0 Å². The van der Waals surface area contributed by atoms with E-state index >= 15 is 0 Å². The van der Waals surface area contributed by atoms with Crippen LogP contribution in [0.5, 0.6) is 0 Å². The SMILES string of the molecule is CCOP(=O)(CP(=O)(OCC)N(Cc1ccccc1)P(=O)(OC)OC)OCC. The van der Waals surface area contributed by atoms with E-state index < -0.39 is 28.8 Å². The van der Waals surface area contributed by atoms with E-state index in [0.29, 0.717) is 5.56 Å². The van der Waals surface area contributed by atoms with Crippen LogP contribution in [-0.2, 0) is 42.9 Å². The monoisotopic (exact) mass is 457 g/mol. The van der Waals surface area contributed by atoms with Gasteiger partial charge >= 0.3 is 15.3 Å². The second-order valence-corrected chi connectivity index (χ2v) is 12.8. The van der Waals surface area contributed by atoms with Crippen molar-refractivity contribution in [2.75, 3.05) is 39.9 Å². The molecule has 0 aliphatic carbocycles. The van der Waals surface area contributed by atoms with E-state index in [1.165, 1.54) is 14.2 Å². The molecule has 0 saturated carbocycles. The normalized spacial score (nSPS) is 14.9. The minimum atomic E-state index is -4.02. The second-order valence-electron chi connectivity index (χ2n) is 5.49. The zero-order valence-corrected chi connectivity index (χ0v) is 19.7. The van der Waals surface area contributed by atoms with Crippen molar-refractivity contribution in [3.05, 3.63) is 35.9 Å². The molecule has 0 saturated heterocycles. The summed E-state index contributed by atoms with van der Waals surface area (Å²) < 4.78 is 67.4. The van der Waals surface area contributed by atoms with Crippen molar-refractivity contribution in [3.63, 3.8) is 0 Å². The molecule has 0 aliphatic heterocycles. The fourth-order valence-corrected chi connectivity index (χ4v) is 10.9. The number of hydrogen-bond acceptors (Lipinski definition) is 8. The first-order chi connectivity index (χ1) is 13.2. The van der Waals surface area contributed by atoms with Crippen LogP contribution in [0.15, 0.2) is 30.3 Å². The summed E-state index contributed by atoms with van der Waals surface area (Å²) in [7, 11) is -9.46. The molecule has 1 unspecified atom stereocenters. The lowest BCUT2D eigenvalue weighted by Gasteiger charge is -2.35. The molecule has 0 N–H and O–H groups in total. The van der Waals surface area contributed by atoms with Gasteiger partial charge in [-0.2, -0.15) is 0 Å². The smallest absolute Gasteiger partial charge is 0.317 e. The molecule has 28 heavy (non-hydrogen) atoms. The summed E-state index contributed by atoms with van der Waals surface area (Å²) in [6, 6.07) is 8.93. The van der Waals surface area contributed by atoms with E-state index in [2.05, 4.69) is 0 Å². The molecule has 1 atom stereocenters. The van der Waals surface area contributed by atoms with Gasteiger partial charge in [0.25, 0.3) is 7.52 Å². The molecule has 1 rings (SSSR count). The number of rotatable bonds is 14. The molecule has 0 spiro atoms. The highest BCUT2D eigenvalue weighted by Crippen LogP contribution is 2.73. The summed E-state index contributed by atoms with van der Waals surface area (Å²) in [6.45, 7) is 5.05. The Morgan fingerprint density at radius 1 is 0.821 bits per heavy atom. The van der Waals surface area contributed by atoms with Gasteiger partial charge in [0.2, 0.25) is 0 Å². The Labute approximate surface area is 167 Å². The lowest BCUT2D eigenvalue weighted by molar-refractivity contribution is 0.213. The van der Waals surface area contributed by atoms with Crippen LogP contribution in [0.1, 0.15) is 26.3 Å². The number of benzene rings is 1. The van der Waals surface area contributed by atoms with Gasteiger partial charge in [0.05, 0.1) is 19.8 Å². The van der Waals surface area contributed by atoms with Crippen molar-refractivity contribution in [1.29, 1.82) is 0 Å². The van der Waals surface area contributed by atoms with Gasteiger partial charge in [-0.3, -0.25) is 18.2 Å². The van der Waals surface area contributed by atoms with Gasteiger partial charge in [-0.15, -0.1) is 4.44 Å². The van der Waals surface area contributed by atoms with E-state index in [0.717, 1.165) is 4.44 Å². The third-order valence-corrected chi connectivity index (χ3v) is 12.3. The van der Waals surface area contributed by atoms with Crippen molar-refractivity contribution in [1.82, 2.24) is 4.44 Å². The molecule has 0 bridgehead atoms. The van der Waals surface area contributed by atoms with Gasteiger partial charge in [-0.25, -0.2) is 4.57 Å². The van der Waals surface area contributed by atoms with Crippen molar-refractivity contribution >= 4 is 22.9 Å². The van der Waals surface area contributed by atoms with Gasteiger partial charge in [0.15, 0.2) is 0 Å². The summed E-state index contributed by atoms with van der Waals surface area (Å²) in [5.41, 5.74) is 0.694. The summed E-state index contributed by atoms with van der Waals surface area (Å²) in [6.07, 6.45) is 0. The van der Waals surface area contributed by atoms with Crippen LogP contribution in [0.4, 0.5) is 0 Å². The predicted octanol–water partition coefficient (Wildman–Crippen LogP) is 5.34. The zero-order chi connectivity index (χ0) is 21.3. The lowest BCUT2D eigenvalue weighted by atomic mass is 10.2. The highest BCUT2D eigenvalue weighted by molar-refractivity contribution is 7.77. The molecule has 0 radical (unpaired) electrons. The lowest BCUT2D eigenvalue weighted by Crippen LogP contribution is -2.23. The first kappa shape index (κ1) is 25.7. The maximum atomic E-state index is 13.9. The first-order valence-corrected chi connectivity index (χ1v) is 13.9. The second kappa shape index (κ2) is 11.8. The van der Waals surface area contributed by atoms with E-state index in [1.807, 2.05) is 6.07 Å². The molecule has 0 amide bonds. The van der Waals surface area contributed by atoms with Crippen molar-refractivity contribution < 1.29 is 36.3 Å². The highest BCUT2D eigenvalue weighted by Gasteiger charge is 2.50. The molecule has 0 fully saturated rings. The molecule has 0 aliphatic rings. The summed E-state index contributed by atoms with van der Waals surface area (Å²) in [4.78, 5) is 0. The van der Waals surface area contributed by atoms with E-state index in [4.69, 9.17) is 22.6 Å². The Morgan fingerprint density at radius 2 is 1.32 bits per heavy atom. The van der Waals surface area contributed by atoms with Gasteiger partial charge < -0.3 is 13.6 Å². The molecular weight excluding hydrogens is 427 g/mol. The largest absolute Gasteiger partial charge is 0.415 e. The summed E-state index contributed by atoms with van der Waals surface area (Å²) in [5, 5.41) is 0. The van der Waals surface area contributed by atoms with Gasteiger partial charge in [-0.05, 0) is 26.3 Å². The standard InChI is InChI=1S/C16H30NO8P3/c1-6-23-26(18,15-27(19,24-7-2)25-8-3)17(28(20,21-4)22-5)14-16-12-10-9-11-13-16/h9-13H,6-8,14-15H2,1-5H3. The van der Waals surface area contributed by atoms with E-state index in [9.17, 15) is 13.7 Å². The molecule has 1 aromatic carbocycles. The highest BCUT2D eigenvalue weighted by atomic mass is 31.3. The Balaban J connectivity index is 3.45. The maximum absolute atomic E-state index is 13.9. The topological polar surface area (TPSA) is 101 Å². The summed E-state index contributed by atoms with van der Waals surface area (Å²) in [5.74, 6) is -0.584. The molecular formula is C16H30NO8P3. The fourth-order valence-electron chi connectivity index (χ4n) is 2.48. The van der Waals surface area contributed by atoms with Crippen LogP contribution in [0.2, 0.25) is 0 Å². The molecule has 12 heteroatoms. The Kier molecular flexibility index (Phi) is 10.8. The van der Waals surface area contributed by atoms with E-state index in [1.54, 1.807) is 45.0 Å². The molecule has 162 valence electrons. The van der Waals surface area contributed by atoms with Crippen LogP contribution in [0.25, 0.3) is 0 Å². The number of hydrogen-bond donors (Lipinski definition) is 0. The average molecular weight is 457 g/mol. The quantitative estimate of drug-likeness (QED) is 0.343.